The monoisotopic (exact) mass is 334 g/mol. The maximum Gasteiger partial charge on any atom is 0.289 e. The van der Waals surface area contributed by atoms with Gasteiger partial charge in [-0.15, -0.1) is 0 Å². The predicted octanol–water partition coefficient (Wildman–Crippen LogP) is 1.44. The van der Waals surface area contributed by atoms with Gasteiger partial charge in [0.15, 0.2) is 4.90 Å². The van der Waals surface area contributed by atoms with Crippen LogP contribution in [0, 0.1) is 10.1 Å². The number of aromatic nitrogens is 1. The zero-order chi connectivity index (χ0) is 16.4. The number of hydrogen-bond donors (Lipinski definition) is 2. The summed E-state index contributed by atoms with van der Waals surface area (Å²) in [7, 11) is -4.07. The van der Waals surface area contributed by atoms with E-state index in [9.17, 15) is 18.5 Å². The minimum absolute atomic E-state index is 0.283. The van der Waals surface area contributed by atoms with Crippen LogP contribution in [0.1, 0.15) is 11.3 Å². The van der Waals surface area contributed by atoms with E-state index >= 15 is 0 Å². The molecule has 23 heavy (non-hydrogen) atoms. The van der Waals surface area contributed by atoms with Crippen molar-refractivity contribution in [1.82, 2.24) is 10.3 Å². The fourth-order valence-electron chi connectivity index (χ4n) is 2.45. The minimum Gasteiger partial charge on any atom is -0.312 e. The summed E-state index contributed by atoms with van der Waals surface area (Å²) in [5, 5.41) is 14.2. The lowest BCUT2D eigenvalue weighted by Crippen LogP contribution is -2.25. The molecule has 120 valence electrons. The van der Waals surface area contributed by atoms with Crippen LogP contribution in [0.15, 0.2) is 41.4 Å². The molecule has 2 N–H and O–H groups in total. The van der Waals surface area contributed by atoms with Crippen molar-refractivity contribution in [3.8, 4) is 0 Å². The molecular weight excluding hydrogens is 320 g/mol. The average molecular weight is 334 g/mol. The lowest BCUT2D eigenvalue weighted by Gasteiger charge is -2.17. The zero-order valence-electron chi connectivity index (χ0n) is 12.0. The molecule has 0 fully saturated rings. The number of nitro benzene ring substituents is 1. The third-order valence-corrected chi connectivity index (χ3v) is 4.95. The number of anilines is 1. The third kappa shape index (κ3) is 3.15. The minimum atomic E-state index is -4.07. The molecule has 1 aromatic carbocycles. The van der Waals surface area contributed by atoms with Crippen LogP contribution in [-0.4, -0.2) is 24.9 Å². The fourth-order valence-corrected chi connectivity index (χ4v) is 3.66. The molecule has 0 radical (unpaired) electrons. The fraction of sp³-hybridized carbons (Fsp3) is 0.214. The highest BCUT2D eigenvalue weighted by atomic mass is 32.2. The Kier molecular flexibility index (Phi) is 3.97. The molecule has 0 amide bonds. The molecule has 0 saturated carbocycles. The normalized spacial score (nSPS) is 14.1. The summed E-state index contributed by atoms with van der Waals surface area (Å²) >= 11 is 0. The number of nitrogens with one attached hydrogen (secondary N) is 2. The summed E-state index contributed by atoms with van der Waals surface area (Å²) in [4.78, 5) is 14.2. The molecule has 9 heteroatoms. The van der Waals surface area contributed by atoms with Crippen molar-refractivity contribution in [2.24, 2.45) is 0 Å². The number of sulfonamides is 1. The van der Waals surface area contributed by atoms with E-state index in [1.54, 1.807) is 6.07 Å². The second-order valence-electron chi connectivity index (χ2n) is 5.09. The van der Waals surface area contributed by atoms with Gasteiger partial charge < -0.3 is 5.32 Å². The Morgan fingerprint density at radius 3 is 2.87 bits per heavy atom. The first-order chi connectivity index (χ1) is 11.0. The van der Waals surface area contributed by atoms with Gasteiger partial charge in [0.05, 0.1) is 16.8 Å². The van der Waals surface area contributed by atoms with E-state index in [1.165, 1.54) is 24.4 Å². The van der Waals surface area contributed by atoms with Crippen molar-refractivity contribution < 1.29 is 13.3 Å². The second kappa shape index (κ2) is 5.94. The van der Waals surface area contributed by atoms with E-state index in [0.29, 0.717) is 6.54 Å². The molecule has 1 aromatic heterocycles. The Morgan fingerprint density at radius 2 is 2.09 bits per heavy atom. The highest BCUT2D eigenvalue weighted by Crippen LogP contribution is 2.26. The summed E-state index contributed by atoms with van der Waals surface area (Å²) in [6.07, 6.45) is 2.21. The van der Waals surface area contributed by atoms with Gasteiger partial charge in [-0.2, -0.15) is 0 Å². The Bertz CT molecular complexity index is 867. The SMILES string of the molecule is O=[N+]([O-])c1ccccc1S(=O)(=O)Nc1cnc2c(c1)CNCC2. The lowest BCUT2D eigenvalue weighted by molar-refractivity contribution is -0.387. The molecule has 3 rings (SSSR count). The van der Waals surface area contributed by atoms with Gasteiger partial charge >= 0.3 is 0 Å². The van der Waals surface area contributed by atoms with Crippen LogP contribution in [-0.2, 0) is 23.0 Å². The maximum absolute atomic E-state index is 12.4. The molecule has 8 nitrogen and oxygen atoms in total. The first-order valence-electron chi connectivity index (χ1n) is 6.92. The number of hydrogen-bond acceptors (Lipinski definition) is 6. The molecule has 0 atom stereocenters. The molecule has 0 spiro atoms. The Morgan fingerprint density at radius 1 is 1.30 bits per heavy atom. The van der Waals surface area contributed by atoms with Gasteiger partial charge in [0, 0.05) is 31.3 Å². The number of para-hydroxylation sites is 1. The van der Waals surface area contributed by atoms with Gasteiger partial charge in [0.25, 0.3) is 15.7 Å². The van der Waals surface area contributed by atoms with E-state index in [2.05, 4.69) is 15.0 Å². The number of fused-ring (bicyclic) bond motifs is 1. The topological polar surface area (TPSA) is 114 Å². The lowest BCUT2D eigenvalue weighted by atomic mass is 10.1. The van der Waals surface area contributed by atoms with Crippen LogP contribution >= 0.6 is 0 Å². The van der Waals surface area contributed by atoms with Gasteiger partial charge in [0.1, 0.15) is 0 Å². The molecule has 0 saturated heterocycles. The Hall–Kier alpha value is -2.52. The average Bonchev–Trinajstić information content (AvgIpc) is 2.54. The number of nitro groups is 1. The maximum atomic E-state index is 12.4. The summed E-state index contributed by atoms with van der Waals surface area (Å²) in [5.74, 6) is 0. The number of benzene rings is 1. The van der Waals surface area contributed by atoms with Crippen molar-refractivity contribution in [3.05, 3.63) is 57.9 Å². The summed E-state index contributed by atoms with van der Waals surface area (Å²) in [6.45, 7) is 1.45. The van der Waals surface area contributed by atoms with Crippen LogP contribution in [0.25, 0.3) is 0 Å². The standard InChI is InChI=1S/C14H14N4O4S/c19-18(20)13-3-1-2-4-14(13)23(21,22)17-11-7-10-8-15-6-5-12(10)16-9-11/h1-4,7,9,15,17H,5-6,8H2. The highest BCUT2D eigenvalue weighted by molar-refractivity contribution is 7.92. The van der Waals surface area contributed by atoms with Gasteiger partial charge in [-0.05, 0) is 17.7 Å². The van der Waals surface area contributed by atoms with Gasteiger partial charge in [-0.1, -0.05) is 12.1 Å². The highest BCUT2D eigenvalue weighted by Gasteiger charge is 2.25. The van der Waals surface area contributed by atoms with Crippen molar-refractivity contribution in [1.29, 1.82) is 0 Å². The van der Waals surface area contributed by atoms with E-state index in [0.717, 1.165) is 30.3 Å². The zero-order valence-corrected chi connectivity index (χ0v) is 12.8. The number of nitrogens with zero attached hydrogens (tertiary/aromatic N) is 2. The van der Waals surface area contributed by atoms with Crippen LogP contribution in [0.3, 0.4) is 0 Å². The molecular formula is C14H14N4O4S. The van der Waals surface area contributed by atoms with Gasteiger partial charge in [0.2, 0.25) is 0 Å². The largest absolute Gasteiger partial charge is 0.312 e. The number of pyridine rings is 1. The number of rotatable bonds is 4. The summed E-state index contributed by atoms with van der Waals surface area (Å²) in [5.41, 5.74) is 1.66. The third-order valence-electron chi connectivity index (χ3n) is 3.52. The van der Waals surface area contributed by atoms with E-state index < -0.39 is 20.6 Å². The van der Waals surface area contributed by atoms with E-state index in [-0.39, 0.29) is 10.6 Å². The molecule has 0 bridgehead atoms. The predicted molar refractivity (Wildman–Crippen MR) is 83.6 cm³/mol. The van der Waals surface area contributed by atoms with Crippen LogP contribution in [0.4, 0.5) is 11.4 Å². The summed E-state index contributed by atoms with van der Waals surface area (Å²) in [6, 6.07) is 6.91. The Labute approximate surface area is 132 Å². The first-order valence-corrected chi connectivity index (χ1v) is 8.40. The quantitative estimate of drug-likeness (QED) is 0.646. The van der Waals surface area contributed by atoms with Crippen molar-refractivity contribution in [3.63, 3.8) is 0 Å². The second-order valence-corrected chi connectivity index (χ2v) is 6.74. The molecule has 0 aliphatic carbocycles. The molecule has 2 heterocycles. The van der Waals surface area contributed by atoms with Gasteiger partial charge in [-0.25, -0.2) is 8.42 Å². The molecule has 1 aliphatic heterocycles. The van der Waals surface area contributed by atoms with Gasteiger partial charge in [-0.3, -0.25) is 19.8 Å². The van der Waals surface area contributed by atoms with E-state index in [1.807, 2.05) is 0 Å². The first kappa shape index (κ1) is 15.4. The van der Waals surface area contributed by atoms with E-state index in [4.69, 9.17) is 0 Å². The van der Waals surface area contributed by atoms with Crippen LogP contribution < -0.4 is 10.0 Å². The molecule has 0 unspecified atom stereocenters. The van der Waals surface area contributed by atoms with Crippen molar-refractivity contribution in [2.75, 3.05) is 11.3 Å². The summed E-state index contributed by atoms with van der Waals surface area (Å²) < 4.78 is 27.2. The Balaban J connectivity index is 1.94. The van der Waals surface area contributed by atoms with Crippen LogP contribution in [0.5, 0.6) is 0 Å². The van der Waals surface area contributed by atoms with Crippen LogP contribution in [0.2, 0.25) is 0 Å². The van der Waals surface area contributed by atoms with Crippen molar-refractivity contribution >= 4 is 21.4 Å². The smallest absolute Gasteiger partial charge is 0.289 e. The molecule has 1 aliphatic rings. The molecule has 2 aromatic rings. The van der Waals surface area contributed by atoms with Crippen molar-refractivity contribution in [2.45, 2.75) is 17.9 Å².